The monoisotopic (exact) mass is 210 g/mol. The Morgan fingerprint density at radius 2 is 1.53 bits per heavy atom. The molecule has 0 aromatic carbocycles. The molecule has 0 aromatic heterocycles. The molecule has 88 valence electrons. The first-order valence-electron chi connectivity index (χ1n) is 6.79. The Labute approximate surface area is 94.6 Å². The maximum atomic E-state index is 2.64. The molecule has 0 atom stereocenters. The fourth-order valence-corrected chi connectivity index (χ4v) is 3.05. The van der Waals surface area contributed by atoms with E-state index in [4.69, 9.17) is 0 Å². The maximum absolute atomic E-state index is 2.64. The predicted molar refractivity (Wildman–Crippen MR) is 64.9 cm³/mol. The van der Waals surface area contributed by atoms with Crippen molar-refractivity contribution < 1.29 is 0 Å². The third-order valence-corrected chi connectivity index (χ3v) is 4.07. The van der Waals surface area contributed by atoms with Crippen LogP contribution < -0.4 is 0 Å². The summed E-state index contributed by atoms with van der Waals surface area (Å²) in [7, 11) is 2.32. The molecular weight excluding hydrogens is 184 g/mol. The van der Waals surface area contributed by atoms with Gasteiger partial charge in [0.05, 0.1) is 6.67 Å². The van der Waals surface area contributed by atoms with Crippen LogP contribution in [0.4, 0.5) is 0 Å². The smallest absolute Gasteiger partial charge is 0.0506 e. The summed E-state index contributed by atoms with van der Waals surface area (Å²) in [6.45, 7) is 3.87. The predicted octanol–water partition coefficient (Wildman–Crippen LogP) is 2.69. The molecule has 0 spiro atoms. The zero-order valence-electron chi connectivity index (χ0n) is 10.2. The Morgan fingerprint density at radius 1 is 0.933 bits per heavy atom. The van der Waals surface area contributed by atoms with Crippen LogP contribution in [0.15, 0.2) is 0 Å². The van der Waals surface area contributed by atoms with Gasteiger partial charge in [-0.25, -0.2) is 0 Å². The summed E-state index contributed by atoms with van der Waals surface area (Å²) in [5.74, 6) is 0. The van der Waals surface area contributed by atoms with Crippen molar-refractivity contribution >= 4 is 0 Å². The molecule has 1 aliphatic carbocycles. The van der Waals surface area contributed by atoms with Gasteiger partial charge in [-0.1, -0.05) is 25.7 Å². The van der Waals surface area contributed by atoms with Gasteiger partial charge >= 0.3 is 0 Å². The highest BCUT2D eigenvalue weighted by atomic mass is 15.3. The first-order chi connectivity index (χ1) is 7.36. The van der Waals surface area contributed by atoms with E-state index < -0.39 is 0 Å². The molecule has 1 saturated carbocycles. The summed E-state index contributed by atoms with van der Waals surface area (Å²) in [4.78, 5) is 5.24. The molecular formula is C13H26N2. The quantitative estimate of drug-likeness (QED) is 0.706. The van der Waals surface area contributed by atoms with Crippen LogP contribution in [0.3, 0.4) is 0 Å². The Balaban J connectivity index is 1.72. The van der Waals surface area contributed by atoms with Crippen molar-refractivity contribution in [2.75, 3.05) is 26.8 Å². The summed E-state index contributed by atoms with van der Waals surface area (Å²) in [6, 6.07) is 0.876. The lowest BCUT2D eigenvalue weighted by atomic mass is 9.95. The standard InChI is InChI=1S/C13H26N2/c1-14(13-8-4-2-5-9-13)12-15-10-6-3-7-11-15/h13H,2-12H2,1H3. The summed E-state index contributed by atoms with van der Waals surface area (Å²) in [5.41, 5.74) is 0. The molecule has 0 aromatic rings. The van der Waals surface area contributed by atoms with Gasteiger partial charge in [0.15, 0.2) is 0 Å². The van der Waals surface area contributed by atoms with Crippen molar-refractivity contribution in [1.29, 1.82) is 0 Å². The second-order valence-corrected chi connectivity index (χ2v) is 5.37. The van der Waals surface area contributed by atoms with Crippen LogP contribution in [-0.4, -0.2) is 42.6 Å². The van der Waals surface area contributed by atoms with Crippen molar-refractivity contribution in [2.24, 2.45) is 0 Å². The van der Waals surface area contributed by atoms with Crippen LogP contribution in [0, 0.1) is 0 Å². The second-order valence-electron chi connectivity index (χ2n) is 5.37. The maximum Gasteiger partial charge on any atom is 0.0506 e. The van der Waals surface area contributed by atoms with E-state index in [1.165, 1.54) is 71.1 Å². The summed E-state index contributed by atoms with van der Waals surface area (Å²) in [5, 5.41) is 0. The van der Waals surface area contributed by atoms with E-state index in [2.05, 4.69) is 16.8 Å². The molecule has 0 amide bonds. The van der Waals surface area contributed by atoms with Crippen LogP contribution in [0.5, 0.6) is 0 Å². The molecule has 2 nitrogen and oxygen atoms in total. The minimum absolute atomic E-state index is 0.876. The average molecular weight is 210 g/mol. The average Bonchev–Trinajstić information content (AvgIpc) is 2.31. The van der Waals surface area contributed by atoms with Crippen LogP contribution in [0.25, 0.3) is 0 Å². The fourth-order valence-electron chi connectivity index (χ4n) is 3.05. The number of hydrogen-bond acceptors (Lipinski definition) is 2. The topological polar surface area (TPSA) is 6.48 Å². The molecule has 15 heavy (non-hydrogen) atoms. The zero-order valence-corrected chi connectivity index (χ0v) is 10.2. The third kappa shape index (κ3) is 3.46. The molecule has 0 unspecified atom stereocenters. The van der Waals surface area contributed by atoms with Crippen molar-refractivity contribution in [2.45, 2.75) is 57.4 Å². The van der Waals surface area contributed by atoms with Gasteiger partial charge in [0.1, 0.15) is 0 Å². The SMILES string of the molecule is CN(CN1CCCCC1)C1CCCCC1. The van der Waals surface area contributed by atoms with E-state index in [1.54, 1.807) is 0 Å². The Kier molecular flexibility index (Phi) is 4.45. The number of likely N-dealkylation sites (tertiary alicyclic amines) is 1. The molecule has 0 bridgehead atoms. The number of hydrogen-bond donors (Lipinski definition) is 0. The Morgan fingerprint density at radius 3 is 2.20 bits per heavy atom. The van der Waals surface area contributed by atoms with Gasteiger partial charge < -0.3 is 0 Å². The van der Waals surface area contributed by atoms with Gasteiger partial charge in [-0.15, -0.1) is 0 Å². The second kappa shape index (κ2) is 5.86. The van der Waals surface area contributed by atoms with E-state index >= 15 is 0 Å². The molecule has 2 aliphatic rings. The van der Waals surface area contributed by atoms with Gasteiger partial charge in [0, 0.05) is 6.04 Å². The third-order valence-electron chi connectivity index (χ3n) is 4.07. The molecule has 0 N–H and O–H groups in total. The van der Waals surface area contributed by atoms with Gasteiger partial charge in [-0.05, 0) is 45.8 Å². The van der Waals surface area contributed by atoms with Gasteiger partial charge in [-0.2, -0.15) is 0 Å². The molecule has 2 heteroatoms. The zero-order chi connectivity index (χ0) is 10.5. The van der Waals surface area contributed by atoms with Crippen molar-refractivity contribution in [3.8, 4) is 0 Å². The lowest BCUT2D eigenvalue weighted by Gasteiger charge is -2.36. The lowest BCUT2D eigenvalue weighted by molar-refractivity contribution is 0.0856. The number of rotatable bonds is 3. The molecule has 2 fully saturated rings. The highest BCUT2D eigenvalue weighted by Crippen LogP contribution is 2.22. The van der Waals surface area contributed by atoms with E-state index in [0.717, 1.165) is 6.04 Å². The summed E-state index contributed by atoms with van der Waals surface area (Å²) < 4.78 is 0. The Bertz CT molecular complexity index is 169. The summed E-state index contributed by atoms with van der Waals surface area (Å²) in [6.07, 6.45) is 11.5. The number of nitrogens with zero attached hydrogens (tertiary/aromatic N) is 2. The molecule has 1 heterocycles. The largest absolute Gasteiger partial charge is 0.291 e. The highest BCUT2D eigenvalue weighted by Gasteiger charge is 2.20. The molecule has 1 saturated heterocycles. The normalized spacial score (nSPS) is 26.0. The van der Waals surface area contributed by atoms with Crippen molar-refractivity contribution in [1.82, 2.24) is 9.80 Å². The minimum atomic E-state index is 0.876. The molecule has 1 aliphatic heterocycles. The minimum Gasteiger partial charge on any atom is -0.291 e. The Hall–Kier alpha value is -0.0800. The fraction of sp³-hybridized carbons (Fsp3) is 1.00. The summed E-state index contributed by atoms with van der Waals surface area (Å²) >= 11 is 0. The first kappa shape index (κ1) is 11.4. The molecule has 2 rings (SSSR count). The molecule has 0 radical (unpaired) electrons. The van der Waals surface area contributed by atoms with E-state index in [9.17, 15) is 0 Å². The van der Waals surface area contributed by atoms with Crippen LogP contribution >= 0.6 is 0 Å². The number of piperidine rings is 1. The lowest BCUT2D eigenvalue weighted by Crippen LogP contribution is -2.44. The van der Waals surface area contributed by atoms with Gasteiger partial charge in [-0.3, -0.25) is 9.80 Å². The van der Waals surface area contributed by atoms with Crippen LogP contribution in [-0.2, 0) is 0 Å². The van der Waals surface area contributed by atoms with E-state index in [-0.39, 0.29) is 0 Å². The van der Waals surface area contributed by atoms with Crippen molar-refractivity contribution in [3.63, 3.8) is 0 Å². The van der Waals surface area contributed by atoms with Crippen LogP contribution in [0.1, 0.15) is 51.4 Å². The van der Waals surface area contributed by atoms with Gasteiger partial charge in [0.2, 0.25) is 0 Å². The highest BCUT2D eigenvalue weighted by molar-refractivity contribution is 4.74. The van der Waals surface area contributed by atoms with E-state index in [0.29, 0.717) is 0 Å². The van der Waals surface area contributed by atoms with E-state index in [1.807, 2.05) is 0 Å². The van der Waals surface area contributed by atoms with Crippen molar-refractivity contribution in [3.05, 3.63) is 0 Å². The van der Waals surface area contributed by atoms with Crippen LogP contribution in [0.2, 0.25) is 0 Å². The first-order valence-corrected chi connectivity index (χ1v) is 6.79. The van der Waals surface area contributed by atoms with Gasteiger partial charge in [0.25, 0.3) is 0 Å².